The summed E-state index contributed by atoms with van der Waals surface area (Å²) in [6, 6.07) is 7.28. The zero-order valence-electron chi connectivity index (χ0n) is 13.6. The van der Waals surface area contributed by atoms with Crippen molar-refractivity contribution < 1.29 is 9.53 Å². The van der Waals surface area contributed by atoms with Gasteiger partial charge in [0, 0.05) is 12.1 Å². The van der Waals surface area contributed by atoms with Crippen molar-refractivity contribution in [3.8, 4) is 5.75 Å². The van der Waals surface area contributed by atoms with E-state index in [1.54, 1.807) is 12.1 Å². The van der Waals surface area contributed by atoms with Gasteiger partial charge in [-0.05, 0) is 56.8 Å². The molecule has 0 saturated heterocycles. The molecule has 3 N–H and O–H groups in total. The molecule has 1 rings (SSSR count). The number of amides is 1. The Morgan fingerprint density at radius 1 is 1.38 bits per heavy atom. The molecule has 0 heterocycles. The SMILES string of the molecule is CC(C)Oc1cccc(C(=O)NCC(C)(C)CCCN)c1. The number of ether oxygens (including phenoxy) is 1. The number of rotatable bonds is 8. The van der Waals surface area contributed by atoms with Crippen LogP contribution in [0.15, 0.2) is 24.3 Å². The molecule has 0 unspecified atom stereocenters. The number of hydrogen-bond acceptors (Lipinski definition) is 3. The molecule has 4 heteroatoms. The maximum absolute atomic E-state index is 12.2. The zero-order valence-corrected chi connectivity index (χ0v) is 13.6. The van der Waals surface area contributed by atoms with Crippen molar-refractivity contribution in [2.45, 2.75) is 46.6 Å². The molecule has 21 heavy (non-hydrogen) atoms. The van der Waals surface area contributed by atoms with Gasteiger partial charge in [-0.25, -0.2) is 0 Å². The molecule has 0 saturated carbocycles. The minimum atomic E-state index is -0.0648. The van der Waals surface area contributed by atoms with Crippen LogP contribution >= 0.6 is 0 Å². The summed E-state index contributed by atoms with van der Waals surface area (Å²) in [7, 11) is 0. The highest BCUT2D eigenvalue weighted by molar-refractivity contribution is 5.94. The summed E-state index contributed by atoms with van der Waals surface area (Å²) in [6.45, 7) is 9.54. The largest absolute Gasteiger partial charge is 0.491 e. The van der Waals surface area contributed by atoms with E-state index in [2.05, 4.69) is 19.2 Å². The highest BCUT2D eigenvalue weighted by Gasteiger charge is 2.18. The van der Waals surface area contributed by atoms with E-state index in [4.69, 9.17) is 10.5 Å². The van der Waals surface area contributed by atoms with Crippen molar-refractivity contribution in [2.75, 3.05) is 13.1 Å². The molecule has 4 nitrogen and oxygen atoms in total. The molecule has 0 aliphatic carbocycles. The lowest BCUT2D eigenvalue weighted by Crippen LogP contribution is -2.34. The number of nitrogens with one attached hydrogen (secondary N) is 1. The molecule has 0 atom stereocenters. The van der Waals surface area contributed by atoms with Gasteiger partial charge in [0.2, 0.25) is 0 Å². The van der Waals surface area contributed by atoms with Crippen LogP contribution in [0.5, 0.6) is 5.75 Å². The molecule has 1 aromatic carbocycles. The minimum absolute atomic E-state index is 0.0566. The quantitative estimate of drug-likeness (QED) is 0.774. The van der Waals surface area contributed by atoms with Crippen molar-refractivity contribution >= 4 is 5.91 Å². The predicted molar refractivity (Wildman–Crippen MR) is 86.6 cm³/mol. The average Bonchev–Trinajstić information content (AvgIpc) is 2.42. The molecule has 0 fully saturated rings. The third-order valence-corrected chi connectivity index (χ3v) is 3.25. The standard InChI is InChI=1S/C17H28N2O2/c1-13(2)21-15-8-5-7-14(11-15)16(20)19-12-17(3,4)9-6-10-18/h5,7-8,11,13H,6,9-10,12,18H2,1-4H3,(H,19,20). The van der Waals surface area contributed by atoms with Crippen molar-refractivity contribution in [3.05, 3.63) is 29.8 Å². The van der Waals surface area contributed by atoms with E-state index in [1.807, 2.05) is 26.0 Å². The fourth-order valence-electron chi connectivity index (χ4n) is 2.07. The van der Waals surface area contributed by atoms with E-state index >= 15 is 0 Å². The Balaban J connectivity index is 2.59. The summed E-state index contributed by atoms with van der Waals surface area (Å²) in [6.07, 6.45) is 2.07. The van der Waals surface area contributed by atoms with E-state index in [0.717, 1.165) is 18.6 Å². The second-order valence-electron chi connectivity index (χ2n) is 6.43. The molecule has 1 aromatic rings. The second kappa shape index (κ2) is 8.03. The fourth-order valence-corrected chi connectivity index (χ4v) is 2.07. The van der Waals surface area contributed by atoms with Gasteiger partial charge in [-0.15, -0.1) is 0 Å². The van der Waals surface area contributed by atoms with Crippen molar-refractivity contribution in [3.63, 3.8) is 0 Å². The summed E-state index contributed by atoms with van der Waals surface area (Å²) in [5.74, 6) is 0.657. The molecule has 0 spiro atoms. The van der Waals surface area contributed by atoms with Gasteiger partial charge in [0.1, 0.15) is 5.75 Å². The van der Waals surface area contributed by atoms with Gasteiger partial charge < -0.3 is 15.8 Å². The first-order valence-electron chi connectivity index (χ1n) is 7.59. The van der Waals surface area contributed by atoms with Gasteiger partial charge in [-0.3, -0.25) is 4.79 Å². The fraction of sp³-hybridized carbons (Fsp3) is 0.588. The second-order valence-corrected chi connectivity index (χ2v) is 6.43. The molecule has 0 bridgehead atoms. The maximum atomic E-state index is 12.2. The molecule has 118 valence electrons. The molecule has 0 aliphatic heterocycles. The van der Waals surface area contributed by atoms with Gasteiger partial charge in [0.15, 0.2) is 0 Å². The zero-order chi connectivity index (χ0) is 15.9. The number of carbonyl (C=O) groups is 1. The van der Waals surface area contributed by atoms with Crippen molar-refractivity contribution in [2.24, 2.45) is 11.1 Å². The van der Waals surface area contributed by atoms with E-state index in [1.165, 1.54) is 0 Å². The van der Waals surface area contributed by atoms with Crippen molar-refractivity contribution in [1.82, 2.24) is 5.32 Å². The summed E-state index contributed by atoms with van der Waals surface area (Å²) >= 11 is 0. The van der Waals surface area contributed by atoms with Crippen LogP contribution in [0.25, 0.3) is 0 Å². The lowest BCUT2D eigenvalue weighted by Gasteiger charge is -2.24. The number of benzene rings is 1. The third-order valence-electron chi connectivity index (χ3n) is 3.25. The topological polar surface area (TPSA) is 64.3 Å². The Hall–Kier alpha value is -1.55. The maximum Gasteiger partial charge on any atom is 0.251 e. The van der Waals surface area contributed by atoms with Crippen LogP contribution in [0.2, 0.25) is 0 Å². The summed E-state index contributed by atoms with van der Waals surface area (Å²) in [5, 5.41) is 2.99. The molecular formula is C17H28N2O2. The summed E-state index contributed by atoms with van der Waals surface area (Å²) in [4.78, 5) is 12.2. The third kappa shape index (κ3) is 6.63. The van der Waals surface area contributed by atoms with Crippen LogP contribution in [0.3, 0.4) is 0 Å². The monoisotopic (exact) mass is 292 g/mol. The molecule has 1 amide bonds. The number of carbonyl (C=O) groups excluding carboxylic acids is 1. The van der Waals surface area contributed by atoms with E-state index in [-0.39, 0.29) is 17.4 Å². The Kier molecular flexibility index (Phi) is 6.69. The summed E-state index contributed by atoms with van der Waals surface area (Å²) in [5.41, 5.74) is 6.22. The Bertz CT molecular complexity index is 456. The van der Waals surface area contributed by atoms with Crippen LogP contribution in [0.4, 0.5) is 0 Å². The lowest BCUT2D eigenvalue weighted by atomic mass is 9.87. The highest BCUT2D eigenvalue weighted by atomic mass is 16.5. The number of nitrogens with two attached hydrogens (primary N) is 1. The normalized spacial score (nSPS) is 11.5. The Labute approximate surface area is 128 Å². The van der Waals surface area contributed by atoms with Gasteiger partial charge in [0.05, 0.1) is 6.10 Å². The van der Waals surface area contributed by atoms with Gasteiger partial charge in [-0.1, -0.05) is 19.9 Å². The highest BCUT2D eigenvalue weighted by Crippen LogP contribution is 2.21. The first kappa shape index (κ1) is 17.5. The van der Waals surface area contributed by atoms with Crippen LogP contribution in [-0.4, -0.2) is 25.1 Å². The van der Waals surface area contributed by atoms with Crippen LogP contribution in [-0.2, 0) is 0 Å². The average molecular weight is 292 g/mol. The van der Waals surface area contributed by atoms with Gasteiger partial charge >= 0.3 is 0 Å². The van der Waals surface area contributed by atoms with Crippen LogP contribution in [0.1, 0.15) is 50.9 Å². The summed E-state index contributed by atoms with van der Waals surface area (Å²) < 4.78 is 5.61. The molecule has 0 aromatic heterocycles. The Morgan fingerprint density at radius 3 is 2.71 bits per heavy atom. The minimum Gasteiger partial charge on any atom is -0.491 e. The van der Waals surface area contributed by atoms with Gasteiger partial charge in [0.25, 0.3) is 5.91 Å². The van der Waals surface area contributed by atoms with E-state index in [0.29, 0.717) is 18.7 Å². The number of hydrogen-bond donors (Lipinski definition) is 2. The first-order valence-corrected chi connectivity index (χ1v) is 7.59. The van der Waals surface area contributed by atoms with Gasteiger partial charge in [-0.2, -0.15) is 0 Å². The van der Waals surface area contributed by atoms with Crippen LogP contribution < -0.4 is 15.8 Å². The molecule has 0 radical (unpaired) electrons. The lowest BCUT2D eigenvalue weighted by molar-refractivity contribution is 0.0933. The predicted octanol–water partition coefficient (Wildman–Crippen LogP) is 2.97. The first-order chi connectivity index (χ1) is 9.84. The smallest absolute Gasteiger partial charge is 0.251 e. The molecular weight excluding hydrogens is 264 g/mol. The van der Waals surface area contributed by atoms with Crippen molar-refractivity contribution in [1.29, 1.82) is 0 Å². The molecule has 0 aliphatic rings. The van der Waals surface area contributed by atoms with E-state index < -0.39 is 0 Å². The van der Waals surface area contributed by atoms with Crippen LogP contribution in [0, 0.1) is 5.41 Å². The van der Waals surface area contributed by atoms with E-state index in [9.17, 15) is 4.79 Å². The Morgan fingerprint density at radius 2 is 2.10 bits per heavy atom.